The van der Waals surface area contributed by atoms with Gasteiger partial charge in [0, 0.05) is 10.9 Å². The summed E-state index contributed by atoms with van der Waals surface area (Å²) < 4.78 is 34.9. The Balaban J connectivity index is 4.75. The number of rotatable bonds is 7. The molecule has 3 unspecified atom stereocenters. The number of hydrogen-bond acceptors (Lipinski definition) is 2. The molecule has 0 aliphatic heterocycles. The van der Waals surface area contributed by atoms with E-state index in [1.165, 1.54) is 0 Å². The van der Waals surface area contributed by atoms with Gasteiger partial charge in [0.1, 0.15) is 11.0 Å². The lowest BCUT2D eigenvalue weighted by atomic mass is 10.4. The fourth-order valence-electron chi connectivity index (χ4n) is 1.26. The highest BCUT2D eigenvalue weighted by Gasteiger charge is 2.31. The molecule has 102 valence electrons. The molecule has 0 N–H and O–H groups in total. The zero-order chi connectivity index (χ0) is 13.6. The molecule has 7 heteroatoms. The van der Waals surface area contributed by atoms with Gasteiger partial charge in [0.25, 0.3) is 0 Å². The minimum atomic E-state index is -2.22. The Hall–Kier alpha value is 0.880. The van der Waals surface area contributed by atoms with Crippen LogP contribution in [0, 0.1) is 0 Å². The van der Waals surface area contributed by atoms with E-state index in [0.717, 1.165) is 12.6 Å². The van der Waals surface area contributed by atoms with Crippen LogP contribution in [0.25, 0.3) is 0 Å². The summed E-state index contributed by atoms with van der Waals surface area (Å²) in [5.74, 6) is -0.945. The van der Waals surface area contributed by atoms with Crippen molar-refractivity contribution in [3.8, 4) is 0 Å². The maximum Gasteiger partial charge on any atom is 0.301 e. The minimum Gasteiger partial charge on any atom is -0.694 e. The average molecular weight is 322 g/mol. The van der Waals surface area contributed by atoms with Gasteiger partial charge in [-0.05, 0) is 30.0 Å². The summed E-state index contributed by atoms with van der Waals surface area (Å²) in [7, 11) is -0.283. The molecule has 0 aromatic heterocycles. The first-order valence-corrected chi connectivity index (χ1v) is 11.5. The zero-order valence-corrected chi connectivity index (χ0v) is 13.6. The fraction of sp³-hybridized carbons (Fsp3) is 0.800. The summed E-state index contributed by atoms with van der Waals surface area (Å²) in [6.07, 6.45) is -0.812. The maximum absolute atomic E-state index is 12.8. The average Bonchev–Trinajstić information content (AvgIpc) is 2.28. The second-order valence-electron chi connectivity index (χ2n) is 3.67. The molecular weight excluding hydrogens is 304 g/mol. The van der Waals surface area contributed by atoms with Crippen LogP contribution < -0.4 is 0 Å². The predicted octanol–water partition coefficient (Wildman–Crippen LogP) is 4.75. The standard InChI is InChI=1S/C10H18F3PS3/c1-4-8(3)17(14(15,16)5-2)7-6-9(11)10(12)13/h8H,4-7H2,1-3H3. The Kier molecular flexibility index (Phi) is 8.55. The maximum atomic E-state index is 12.8. The molecule has 0 nitrogen and oxygen atoms in total. The van der Waals surface area contributed by atoms with Crippen molar-refractivity contribution in [1.82, 2.24) is 0 Å². The van der Waals surface area contributed by atoms with Crippen molar-refractivity contribution >= 4 is 39.0 Å². The Bertz CT molecular complexity index is 316. The Labute approximate surface area is 115 Å². The summed E-state index contributed by atoms with van der Waals surface area (Å²) in [6.45, 7) is 5.99. The topological polar surface area (TPSA) is 0 Å². The van der Waals surface area contributed by atoms with Gasteiger partial charge in [-0.2, -0.15) is 8.78 Å². The molecule has 0 heterocycles. The van der Waals surface area contributed by atoms with E-state index in [1.54, 1.807) is 0 Å². The third kappa shape index (κ3) is 6.04. The van der Waals surface area contributed by atoms with E-state index in [0.29, 0.717) is 11.0 Å². The van der Waals surface area contributed by atoms with Crippen molar-refractivity contribution in [1.29, 1.82) is 0 Å². The fourth-order valence-corrected chi connectivity index (χ4v) is 11.8. The van der Waals surface area contributed by atoms with Crippen LogP contribution in [0.15, 0.2) is 11.9 Å². The van der Waals surface area contributed by atoms with E-state index in [4.69, 9.17) is 24.1 Å². The molecular formula is C10H18F3PS3. The zero-order valence-electron chi connectivity index (χ0n) is 10.2. The van der Waals surface area contributed by atoms with Crippen LogP contribution in [0.1, 0.15) is 33.6 Å². The summed E-state index contributed by atoms with van der Waals surface area (Å²) in [4.78, 5) is 0. The first kappa shape index (κ1) is 17.9. The van der Waals surface area contributed by atoms with Gasteiger partial charge in [-0.1, -0.05) is 25.7 Å². The van der Waals surface area contributed by atoms with Crippen molar-refractivity contribution in [3.05, 3.63) is 11.9 Å². The van der Waals surface area contributed by atoms with Crippen LogP contribution in [0.4, 0.5) is 13.2 Å². The first-order chi connectivity index (χ1) is 7.76. The Morgan fingerprint density at radius 3 is 2.24 bits per heavy atom. The van der Waals surface area contributed by atoms with Crippen LogP contribution in [0.3, 0.4) is 0 Å². The number of hydrogen-bond donors (Lipinski definition) is 0. The van der Waals surface area contributed by atoms with Gasteiger partial charge in [-0.15, -0.1) is 0 Å². The van der Waals surface area contributed by atoms with Crippen LogP contribution >= 0.6 is 4.44 Å². The van der Waals surface area contributed by atoms with E-state index in [-0.39, 0.29) is 16.9 Å². The highest BCUT2D eigenvalue weighted by Crippen LogP contribution is 2.54. The predicted molar refractivity (Wildman–Crippen MR) is 79.1 cm³/mol. The molecule has 0 saturated carbocycles. The van der Waals surface area contributed by atoms with Crippen LogP contribution in [-0.4, -0.2) is 17.2 Å². The summed E-state index contributed by atoms with van der Waals surface area (Å²) in [5.41, 5.74) is 0. The van der Waals surface area contributed by atoms with Crippen molar-refractivity contribution in [2.24, 2.45) is 0 Å². The van der Waals surface area contributed by atoms with Gasteiger partial charge in [-0.25, -0.2) is 4.39 Å². The lowest BCUT2D eigenvalue weighted by molar-refractivity contribution is 0.373. The third-order valence-corrected chi connectivity index (χ3v) is 15.4. The highest BCUT2D eigenvalue weighted by molar-refractivity contribution is 8.90. The lowest BCUT2D eigenvalue weighted by Crippen LogP contribution is -2.21. The highest BCUT2D eigenvalue weighted by atomic mass is 33.2. The minimum absolute atomic E-state index is 0.231. The molecule has 0 spiro atoms. The quantitative estimate of drug-likeness (QED) is 0.377. The molecule has 0 aliphatic carbocycles. The molecule has 3 atom stereocenters. The molecule has 0 bridgehead atoms. The van der Waals surface area contributed by atoms with Gasteiger partial charge < -0.3 is 12.2 Å². The number of allylic oxidation sites excluding steroid dienone is 1. The van der Waals surface area contributed by atoms with Crippen molar-refractivity contribution in [2.75, 3.05) is 11.9 Å². The smallest absolute Gasteiger partial charge is 0.301 e. The van der Waals surface area contributed by atoms with Gasteiger partial charge in [0.05, 0.1) is 0 Å². The molecule has 0 fully saturated rings. The van der Waals surface area contributed by atoms with Crippen LogP contribution in [0.5, 0.6) is 0 Å². The molecule has 0 aliphatic rings. The second kappa shape index (κ2) is 8.13. The van der Waals surface area contributed by atoms with E-state index >= 15 is 0 Å². The van der Waals surface area contributed by atoms with Gasteiger partial charge in [0.15, 0.2) is 5.83 Å². The first-order valence-electron chi connectivity index (χ1n) is 5.46. The van der Waals surface area contributed by atoms with E-state index in [1.807, 2.05) is 20.8 Å². The van der Waals surface area contributed by atoms with E-state index < -0.39 is 16.3 Å². The molecule has 0 aromatic rings. The molecule has 0 amide bonds. The van der Waals surface area contributed by atoms with Gasteiger partial charge in [0.2, 0.25) is 0 Å². The second-order valence-corrected chi connectivity index (χ2v) is 16.6. The monoisotopic (exact) mass is 322 g/mol. The molecule has 17 heavy (non-hydrogen) atoms. The Morgan fingerprint density at radius 1 is 1.35 bits per heavy atom. The third-order valence-electron chi connectivity index (χ3n) is 2.52. The van der Waals surface area contributed by atoms with Gasteiger partial charge >= 0.3 is 6.08 Å². The normalized spacial score (nSPS) is 18.3. The van der Waals surface area contributed by atoms with Crippen molar-refractivity contribution < 1.29 is 13.2 Å². The van der Waals surface area contributed by atoms with Gasteiger partial charge in [-0.3, -0.25) is 0 Å². The largest absolute Gasteiger partial charge is 0.694 e. The molecule has 0 saturated heterocycles. The summed E-state index contributed by atoms with van der Waals surface area (Å²) in [6, 6.07) is 0. The Morgan fingerprint density at radius 2 is 1.88 bits per heavy atom. The summed E-state index contributed by atoms with van der Waals surface area (Å²) >= 11 is 10.9. The summed E-state index contributed by atoms with van der Waals surface area (Å²) in [5, 5.41) is 0.300. The van der Waals surface area contributed by atoms with E-state index in [2.05, 4.69) is 0 Å². The van der Waals surface area contributed by atoms with Crippen LogP contribution in [-0.2, 0) is 34.6 Å². The molecule has 0 aromatic carbocycles. The van der Waals surface area contributed by atoms with E-state index in [9.17, 15) is 13.2 Å². The number of halogens is 3. The molecule has 0 rings (SSSR count). The SMILES string of the molecule is CCC(C)[S+](CCC(F)=C(F)F)P(=S)([S-])CC. The molecule has 0 radical (unpaired) electrons. The van der Waals surface area contributed by atoms with Crippen LogP contribution in [0.2, 0.25) is 0 Å². The van der Waals surface area contributed by atoms with Crippen molar-refractivity contribution in [3.63, 3.8) is 0 Å². The lowest BCUT2D eigenvalue weighted by Gasteiger charge is -2.30. The van der Waals surface area contributed by atoms with Crippen molar-refractivity contribution in [2.45, 2.75) is 38.9 Å².